The van der Waals surface area contributed by atoms with Gasteiger partial charge in [-0.15, -0.1) is 6.58 Å². The fraction of sp³-hybridized carbons (Fsp3) is 0.450. The van der Waals surface area contributed by atoms with E-state index in [1.807, 2.05) is 30.3 Å². The third-order valence-electron chi connectivity index (χ3n) is 3.79. The molecule has 2 amide bonds. The van der Waals surface area contributed by atoms with Gasteiger partial charge in [0.15, 0.2) is 0 Å². The number of carbonyl (C=O) groups is 2. The number of aliphatic imine (C=N–C) groups is 1. The van der Waals surface area contributed by atoms with Crippen LogP contribution in [0.15, 0.2) is 48.0 Å². The van der Waals surface area contributed by atoms with Gasteiger partial charge < -0.3 is 9.47 Å². The summed E-state index contributed by atoms with van der Waals surface area (Å²) in [6.07, 6.45) is 0.545. The normalized spacial score (nSPS) is 18.9. The predicted molar refractivity (Wildman–Crippen MR) is 100 cm³/mol. The van der Waals surface area contributed by atoms with Gasteiger partial charge in [-0.05, 0) is 33.3 Å². The molecule has 0 bridgehead atoms. The Morgan fingerprint density at radius 1 is 1.38 bits per heavy atom. The molecule has 0 saturated heterocycles. The van der Waals surface area contributed by atoms with Crippen LogP contribution in [0, 0.1) is 0 Å². The topological polar surface area (TPSA) is 68.2 Å². The van der Waals surface area contributed by atoms with Gasteiger partial charge in [0, 0.05) is 0 Å². The standard InChI is InChI=1S/C20H26N2O4/c1-6-17(25-13-15-10-8-7-9-11-15)16-12-22(18(23)14(2)21-16)19(24)26-20(3,4)5/h6-11,16-17H,1,12-13H2,2-5H3/t16-,17-/m1/s1. The maximum absolute atomic E-state index is 12.4. The fourth-order valence-corrected chi connectivity index (χ4v) is 2.56. The predicted octanol–water partition coefficient (Wildman–Crippen LogP) is 3.36. The van der Waals surface area contributed by atoms with E-state index in [9.17, 15) is 9.59 Å². The van der Waals surface area contributed by atoms with Crippen molar-refractivity contribution in [2.24, 2.45) is 4.99 Å². The van der Waals surface area contributed by atoms with Crippen LogP contribution in [0.25, 0.3) is 0 Å². The monoisotopic (exact) mass is 358 g/mol. The van der Waals surface area contributed by atoms with E-state index < -0.39 is 29.7 Å². The number of carbonyl (C=O) groups excluding carboxylic acids is 2. The molecule has 140 valence electrons. The van der Waals surface area contributed by atoms with Gasteiger partial charge >= 0.3 is 6.09 Å². The summed E-state index contributed by atoms with van der Waals surface area (Å²) in [5, 5.41) is 0. The lowest BCUT2D eigenvalue weighted by atomic mass is 10.1. The van der Waals surface area contributed by atoms with E-state index >= 15 is 0 Å². The van der Waals surface area contributed by atoms with Crippen molar-refractivity contribution >= 4 is 17.7 Å². The Labute approximate surface area is 154 Å². The third kappa shape index (κ3) is 5.26. The van der Waals surface area contributed by atoms with E-state index in [0.717, 1.165) is 10.5 Å². The van der Waals surface area contributed by atoms with E-state index in [1.54, 1.807) is 33.8 Å². The van der Waals surface area contributed by atoms with E-state index in [2.05, 4.69) is 11.6 Å². The van der Waals surface area contributed by atoms with Crippen molar-refractivity contribution in [2.75, 3.05) is 6.54 Å². The Morgan fingerprint density at radius 3 is 2.62 bits per heavy atom. The first-order valence-corrected chi connectivity index (χ1v) is 8.58. The molecule has 0 saturated carbocycles. The zero-order valence-corrected chi connectivity index (χ0v) is 15.8. The van der Waals surface area contributed by atoms with Gasteiger partial charge in [-0.1, -0.05) is 36.4 Å². The molecule has 0 aromatic heterocycles. The average Bonchev–Trinajstić information content (AvgIpc) is 2.57. The summed E-state index contributed by atoms with van der Waals surface area (Å²) in [5.74, 6) is -0.443. The zero-order chi connectivity index (χ0) is 19.3. The molecule has 26 heavy (non-hydrogen) atoms. The van der Waals surface area contributed by atoms with E-state index in [-0.39, 0.29) is 12.3 Å². The maximum Gasteiger partial charge on any atom is 0.417 e. The number of amides is 2. The molecule has 1 heterocycles. The SMILES string of the molecule is C=C[C@@H](OCc1ccccc1)[C@H]1CN(C(=O)OC(C)(C)C)C(=O)C(C)=N1. The minimum absolute atomic E-state index is 0.0938. The largest absolute Gasteiger partial charge is 0.443 e. The Bertz CT molecular complexity index is 692. The fourth-order valence-electron chi connectivity index (χ4n) is 2.56. The lowest BCUT2D eigenvalue weighted by Gasteiger charge is -2.33. The molecule has 1 aliphatic rings. The summed E-state index contributed by atoms with van der Waals surface area (Å²) in [6.45, 7) is 11.2. The van der Waals surface area contributed by atoms with Crippen molar-refractivity contribution < 1.29 is 19.1 Å². The molecule has 0 N–H and O–H groups in total. The summed E-state index contributed by atoms with van der Waals surface area (Å²) in [7, 11) is 0. The minimum Gasteiger partial charge on any atom is -0.443 e. The highest BCUT2D eigenvalue weighted by Crippen LogP contribution is 2.18. The number of imide groups is 1. The quantitative estimate of drug-likeness (QED) is 0.757. The molecule has 0 unspecified atom stereocenters. The molecule has 6 nitrogen and oxygen atoms in total. The number of hydrogen-bond donors (Lipinski definition) is 0. The molecule has 1 aromatic carbocycles. The first-order valence-electron chi connectivity index (χ1n) is 8.58. The number of nitrogens with zero attached hydrogens (tertiary/aromatic N) is 2. The van der Waals surface area contributed by atoms with Crippen LogP contribution in [-0.4, -0.2) is 46.9 Å². The van der Waals surface area contributed by atoms with Crippen molar-refractivity contribution in [1.29, 1.82) is 0 Å². The molecule has 0 fully saturated rings. The van der Waals surface area contributed by atoms with Gasteiger partial charge in [-0.2, -0.15) is 0 Å². The summed E-state index contributed by atoms with van der Waals surface area (Å²) >= 11 is 0. The van der Waals surface area contributed by atoms with E-state index in [1.165, 1.54) is 0 Å². The zero-order valence-electron chi connectivity index (χ0n) is 15.8. The second-order valence-electron chi connectivity index (χ2n) is 7.17. The van der Waals surface area contributed by atoms with Crippen molar-refractivity contribution in [3.8, 4) is 0 Å². The smallest absolute Gasteiger partial charge is 0.417 e. The lowest BCUT2D eigenvalue weighted by Crippen LogP contribution is -2.52. The number of ether oxygens (including phenoxy) is 2. The average molecular weight is 358 g/mol. The highest BCUT2D eigenvalue weighted by Gasteiger charge is 2.36. The molecule has 0 aliphatic carbocycles. The molecule has 6 heteroatoms. The molecular formula is C20H26N2O4. The Hall–Kier alpha value is -2.47. The van der Waals surface area contributed by atoms with Gasteiger partial charge in [-0.3, -0.25) is 9.79 Å². The molecule has 1 aromatic rings. The summed E-state index contributed by atoms with van der Waals surface area (Å²) in [4.78, 5) is 30.2. The molecule has 0 spiro atoms. The Kier molecular flexibility index (Phi) is 6.32. The van der Waals surface area contributed by atoms with Crippen molar-refractivity contribution in [1.82, 2.24) is 4.90 Å². The van der Waals surface area contributed by atoms with Gasteiger partial charge in [0.25, 0.3) is 5.91 Å². The van der Waals surface area contributed by atoms with E-state index in [0.29, 0.717) is 6.61 Å². The summed E-state index contributed by atoms with van der Waals surface area (Å²) in [6, 6.07) is 9.33. The van der Waals surface area contributed by atoms with Crippen LogP contribution in [0.1, 0.15) is 33.3 Å². The van der Waals surface area contributed by atoms with Crippen molar-refractivity contribution in [2.45, 2.75) is 52.0 Å². The Balaban J connectivity index is 2.10. The van der Waals surface area contributed by atoms with Crippen LogP contribution in [-0.2, 0) is 20.9 Å². The molecule has 2 rings (SSSR count). The highest BCUT2D eigenvalue weighted by atomic mass is 16.6. The van der Waals surface area contributed by atoms with Gasteiger partial charge in [0.05, 0.1) is 31.0 Å². The maximum atomic E-state index is 12.4. The summed E-state index contributed by atoms with van der Waals surface area (Å²) < 4.78 is 11.2. The summed E-state index contributed by atoms with van der Waals surface area (Å²) in [5.41, 5.74) is 0.593. The Morgan fingerprint density at radius 2 is 2.04 bits per heavy atom. The number of rotatable bonds is 5. The van der Waals surface area contributed by atoms with Crippen LogP contribution >= 0.6 is 0 Å². The first kappa shape index (κ1) is 19.8. The van der Waals surface area contributed by atoms with Crippen LogP contribution < -0.4 is 0 Å². The lowest BCUT2D eigenvalue weighted by molar-refractivity contribution is -0.124. The van der Waals surface area contributed by atoms with Crippen LogP contribution in [0.4, 0.5) is 4.79 Å². The van der Waals surface area contributed by atoms with Crippen molar-refractivity contribution in [3.63, 3.8) is 0 Å². The molecule has 1 aliphatic heterocycles. The number of benzene rings is 1. The second kappa shape index (κ2) is 8.27. The molecule has 2 atom stereocenters. The van der Waals surface area contributed by atoms with Crippen LogP contribution in [0.5, 0.6) is 0 Å². The van der Waals surface area contributed by atoms with Crippen LogP contribution in [0.3, 0.4) is 0 Å². The third-order valence-corrected chi connectivity index (χ3v) is 3.79. The molecular weight excluding hydrogens is 332 g/mol. The minimum atomic E-state index is -0.684. The highest BCUT2D eigenvalue weighted by molar-refractivity contribution is 6.40. The van der Waals surface area contributed by atoms with E-state index in [4.69, 9.17) is 9.47 Å². The van der Waals surface area contributed by atoms with Crippen molar-refractivity contribution in [3.05, 3.63) is 48.6 Å². The van der Waals surface area contributed by atoms with Crippen LogP contribution in [0.2, 0.25) is 0 Å². The van der Waals surface area contributed by atoms with Gasteiger partial charge in [0.1, 0.15) is 5.60 Å². The molecule has 0 radical (unpaired) electrons. The number of hydrogen-bond acceptors (Lipinski definition) is 5. The second-order valence-corrected chi connectivity index (χ2v) is 7.17. The first-order chi connectivity index (χ1) is 12.2. The van der Waals surface area contributed by atoms with Gasteiger partial charge in [0.2, 0.25) is 0 Å². The van der Waals surface area contributed by atoms with Gasteiger partial charge in [-0.25, -0.2) is 9.69 Å².